The Morgan fingerprint density at radius 1 is 0.740 bits per heavy atom. The number of nitrogens with one attached hydrogen (secondary N) is 3. The highest BCUT2D eigenvalue weighted by Gasteiger charge is 2.66. The summed E-state index contributed by atoms with van der Waals surface area (Å²) >= 11 is 0. The number of hydrogen-bond donors (Lipinski definition) is 5. The van der Waals surface area contributed by atoms with Crippen molar-refractivity contribution in [3.63, 3.8) is 0 Å². The largest absolute Gasteiger partial charge is 0.307 e. The van der Waals surface area contributed by atoms with Gasteiger partial charge in [0, 0.05) is 37.3 Å². The van der Waals surface area contributed by atoms with E-state index in [0.29, 0.717) is 10.8 Å². The molecule has 2 amide bonds. The zero-order valence-corrected chi connectivity index (χ0v) is 29.4. The molecule has 50 heavy (non-hydrogen) atoms. The van der Waals surface area contributed by atoms with Gasteiger partial charge in [0.2, 0.25) is 0 Å². The van der Waals surface area contributed by atoms with Crippen LogP contribution in [0.3, 0.4) is 0 Å². The molecule has 266 valence electrons. The van der Waals surface area contributed by atoms with Crippen LogP contribution in [-0.4, -0.2) is 46.3 Å². The van der Waals surface area contributed by atoms with Crippen molar-refractivity contribution in [2.75, 3.05) is 13.6 Å². The van der Waals surface area contributed by atoms with Gasteiger partial charge in [-0.2, -0.15) is 0 Å². The van der Waals surface area contributed by atoms with Gasteiger partial charge in [-0.25, -0.2) is 11.0 Å². The molecule has 2 aromatic rings. The summed E-state index contributed by atoms with van der Waals surface area (Å²) in [4.78, 5) is 25.3. The van der Waals surface area contributed by atoms with Crippen LogP contribution in [0.5, 0.6) is 0 Å². The molecule has 8 aliphatic carbocycles. The van der Waals surface area contributed by atoms with Crippen LogP contribution in [0.1, 0.15) is 92.9 Å². The first-order valence-electron chi connectivity index (χ1n) is 19.0. The number of carbonyl (C=O) groups excluding carboxylic acids is 2. The van der Waals surface area contributed by atoms with Gasteiger partial charge in [0.25, 0.3) is 11.8 Å². The molecule has 0 aliphatic heterocycles. The molecule has 4 atom stereocenters. The lowest BCUT2D eigenvalue weighted by molar-refractivity contribution is -0.197. The summed E-state index contributed by atoms with van der Waals surface area (Å²) in [6.45, 7) is 3.02. The van der Waals surface area contributed by atoms with E-state index >= 15 is 0 Å². The van der Waals surface area contributed by atoms with E-state index in [9.17, 15) is 9.59 Å². The van der Waals surface area contributed by atoms with Crippen LogP contribution < -0.4 is 16.3 Å². The highest BCUT2D eigenvalue weighted by molar-refractivity contribution is 5.91. The molecule has 0 spiro atoms. The quantitative estimate of drug-likeness (QED) is 0.0968. The van der Waals surface area contributed by atoms with Gasteiger partial charge < -0.3 is 10.2 Å². The Labute approximate surface area is 296 Å². The molecular weight excluding hydrogens is 624 g/mol. The maximum atomic E-state index is 11.4. The van der Waals surface area contributed by atoms with Crippen molar-refractivity contribution in [2.24, 2.45) is 46.3 Å². The lowest BCUT2D eigenvalue weighted by Crippen LogP contribution is -2.67. The molecule has 5 N–H and O–H groups in total. The Morgan fingerprint density at radius 2 is 1.30 bits per heavy atom. The molecule has 8 nitrogen and oxygen atoms in total. The highest BCUT2D eigenvalue weighted by Crippen LogP contribution is 2.73. The second-order valence-electron chi connectivity index (χ2n) is 17.7. The summed E-state index contributed by atoms with van der Waals surface area (Å²) in [5, 5.41) is 21.7. The molecule has 0 heterocycles. The summed E-state index contributed by atoms with van der Waals surface area (Å²) in [5.74, 6) is 4.30. The third kappa shape index (κ3) is 6.72. The van der Waals surface area contributed by atoms with E-state index in [1.54, 1.807) is 23.1 Å². The number of benzene rings is 2. The molecule has 10 rings (SSSR count). The van der Waals surface area contributed by atoms with Crippen molar-refractivity contribution < 1.29 is 20.0 Å². The van der Waals surface area contributed by atoms with Crippen molar-refractivity contribution in [1.82, 2.24) is 21.2 Å². The molecule has 8 aliphatic rings. The molecule has 0 saturated heterocycles. The maximum Gasteiger partial charge on any atom is 0.267 e. The molecule has 2 aromatic carbocycles. The van der Waals surface area contributed by atoms with Crippen LogP contribution in [0.15, 0.2) is 60.7 Å². The number of hydroxylamine groups is 2. The van der Waals surface area contributed by atoms with Crippen LogP contribution in [-0.2, 0) is 22.7 Å². The minimum Gasteiger partial charge on any atom is -0.307 e. The monoisotopic (exact) mass is 678 g/mol. The number of carbonyl (C=O) groups is 2. The second kappa shape index (κ2) is 13.4. The second-order valence-corrected chi connectivity index (χ2v) is 17.7. The standard InChI is InChI=1S/C42H54N4O4/c1-46(25-31-8-4-29(5-9-31)11-13-38(48)45-50)27-40-17-32-15-35(22-40)39(36(16-32)23-40)41-18-33-14-34(19-41)21-42(20-33,26-41)43-24-30-6-2-28(3-7-30)10-12-37(47)44-49/h2-13,32-36,39,43,49-50H,14-27H2,1H3,(H,44,47)(H,45,48)/b12-10+,13-11+. The van der Waals surface area contributed by atoms with Gasteiger partial charge in [-0.3, -0.25) is 20.0 Å². The summed E-state index contributed by atoms with van der Waals surface area (Å²) in [7, 11) is 2.31. The number of nitrogens with zero attached hydrogens (tertiary/aromatic N) is 1. The Bertz CT molecular complexity index is 1600. The fourth-order valence-corrected chi connectivity index (χ4v) is 13.4. The van der Waals surface area contributed by atoms with Crippen LogP contribution >= 0.6 is 0 Å². The van der Waals surface area contributed by atoms with E-state index in [0.717, 1.165) is 59.7 Å². The molecule has 8 bridgehead atoms. The average Bonchev–Trinajstić information content (AvgIpc) is 3.08. The first kappa shape index (κ1) is 33.8. The van der Waals surface area contributed by atoms with Gasteiger partial charge in [0.05, 0.1) is 0 Å². The maximum absolute atomic E-state index is 11.4. The van der Waals surface area contributed by atoms with Crippen molar-refractivity contribution in [3.05, 3.63) is 82.9 Å². The van der Waals surface area contributed by atoms with Crippen LogP contribution in [0, 0.1) is 46.3 Å². The van der Waals surface area contributed by atoms with E-state index < -0.39 is 11.8 Å². The predicted octanol–water partition coefficient (Wildman–Crippen LogP) is 6.73. The Morgan fingerprint density at radius 3 is 1.86 bits per heavy atom. The number of rotatable bonds is 12. The van der Waals surface area contributed by atoms with Crippen LogP contribution in [0.2, 0.25) is 0 Å². The minimum absolute atomic E-state index is 0.269. The van der Waals surface area contributed by atoms with E-state index in [4.69, 9.17) is 10.4 Å². The predicted molar refractivity (Wildman–Crippen MR) is 193 cm³/mol. The fourth-order valence-electron chi connectivity index (χ4n) is 13.4. The van der Waals surface area contributed by atoms with Crippen molar-refractivity contribution in [1.29, 1.82) is 0 Å². The van der Waals surface area contributed by atoms with E-state index in [1.165, 1.54) is 100 Å². The summed E-state index contributed by atoms with van der Waals surface area (Å²) in [6.07, 6.45) is 21.8. The van der Waals surface area contributed by atoms with Crippen LogP contribution in [0.4, 0.5) is 0 Å². The Balaban J connectivity index is 0.922. The van der Waals surface area contributed by atoms with Gasteiger partial charge in [-0.05, 0) is 158 Å². The fraction of sp³-hybridized carbons (Fsp3) is 0.571. The zero-order chi connectivity index (χ0) is 34.5. The molecule has 8 saturated carbocycles. The molecule has 0 radical (unpaired) electrons. The normalized spacial score (nSPS) is 36.6. The Kier molecular flexibility index (Phi) is 9.03. The molecule has 8 fully saturated rings. The lowest BCUT2D eigenvalue weighted by atomic mass is 9.36. The SMILES string of the molecule is CN(Cc1ccc(/C=C/C(=O)NO)cc1)CC12CC3CC(C1)C(C14CC5CC(CC(NCc6ccc(/C=C/C(=O)NO)cc6)(C5)C1)C4)C(C3)C2. The summed E-state index contributed by atoms with van der Waals surface area (Å²) < 4.78 is 0. The smallest absolute Gasteiger partial charge is 0.267 e. The van der Waals surface area contributed by atoms with Gasteiger partial charge >= 0.3 is 0 Å². The van der Waals surface area contributed by atoms with E-state index in [2.05, 4.69) is 53.7 Å². The van der Waals surface area contributed by atoms with Crippen molar-refractivity contribution in [2.45, 2.75) is 89.3 Å². The zero-order valence-electron chi connectivity index (χ0n) is 29.4. The first-order valence-corrected chi connectivity index (χ1v) is 19.0. The molecule has 8 heteroatoms. The average molecular weight is 679 g/mol. The molecule has 0 aromatic heterocycles. The van der Waals surface area contributed by atoms with Crippen molar-refractivity contribution in [3.8, 4) is 0 Å². The lowest BCUT2D eigenvalue weighted by Gasteiger charge is -2.71. The van der Waals surface area contributed by atoms with Gasteiger partial charge in [0.1, 0.15) is 0 Å². The third-order valence-corrected chi connectivity index (χ3v) is 14.0. The van der Waals surface area contributed by atoms with Gasteiger partial charge in [-0.1, -0.05) is 48.5 Å². The van der Waals surface area contributed by atoms with Gasteiger partial charge in [0.15, 0.2) is 0 Å². The topological polar surface area (TPSA) is 114 Å². The summed E-state index contributed by atoms with van der Waals surface area (Å²) in [6, 6.07) is 16.9. The van der Waals surface area contributed by atoms with Crippen LogP contribution in [0.25, 0.3) is 12.2 Å². The Hall–Kier alpha value is -3.30. The number of hydrogen-bond acceptors (Lipinski definition) is 6. The highest BCUT2D eigenvalue weighted by atomic mass is 16.5. The van der Waals surface area contributed by atoms with E-state index in [-0.39, 0.29) is 5.54 Å². The van der Waals surface area contributed by atoms with Gasteiger partial charge in [-0.15, -0.1) is 0 Å². The third-order valence-electron chi connectivity index (χ3n) is 14.0. The van der Waals surface area contributed by atoms with Crippen molar-refractivity contribution >= 4 is 24.0 Å². The first-order chi connectivity index (χ1) is 24.1. The summed E-state index contributed by atoms with van der Waals surface area (Å²) in [5.41, 5.74) is 9.02. The number of amides is 2. The molecular formula is C42H54N4O4. The molecule has 4 unspecified atom stereocenters. The van der Waals surface area contributed by atoms with E-state index in [1.807, 2.05) is 12.1 Å². The minimum atomic E-state index is -0.520.